The third-order valence-electron chi connectivity index (χ3n) is 3.10. The van der Waals surface area contributed by atoms with Gasteiger partial charge in [0.2, 0.25) is 10.0 Å². The van der Waals surface area contributed by atoms with E-state index in [1.165, 1.54) is 25.3 Å². The topological polar surface area (TPSA) is 84.5 Å². The molecule has 0 aliphatic rings. The first-order chi connectivity index (χ1) is 11.0. The zero-order chi connectivity index (χ0) is 16.9. The lowest BCUT2D eigenvalue weighted by atomic mass is 10.2. The van der Waals surface area contributed by atoms with E-state index < -0.39 is 15.9 Å². The number of ether oxygens (including phenoxy) is 1. The molecule has 0 unspecified atom stereocenters. The lowest BCUT2D eigenvalue weighted by Gasteiger charge is -2.10. The van der Waals surface area contributed by atoms with E-state index in [-0.39, 0.29) is 17.0 Å². The van der Waals surface area contributed by atoms with Gasteiger partial charge < -0.3 is 10.1 Å². The van der Waals surface area contributed by atoms with Crippen molar-refractivity contribution in [2.75, 3.05) is 19.0 Å². The van der Waals surface area contributed by atoms with Crippen LogP contribution in [0.15, 0.2) is 53.4 Å². The largest absolute Gasteiger partial charge is 0.495 e. The smallest absolute Gasteiger partial charge is 0.255 e. The Morgan fingerprint density at radius 2 is 1.87 bits per heavy atom. The van der Waals surface area contributed by atoms with Gasteiger partial charge in [-0.25, -0.2) is 13.1 Å². The molecule has 2 N–H and O–H groups in total. The van der Waals surface area contributed by atoms with Crippen molar-refractivity contribution >= 4 is 21.6 Å². The second-order valence-corrected chi connectivity index (χ2v) is 6.45. The van der Waals surface area contributed by atoms with Gasteiger partial charge in [0.25, 0.3) is 5.91 Å². The molecular weight excluding hydrogens is 316 g/mol. The number of para-hydroxylation sites is 2. The molecule has 1 amide bonds. The molecular formula is C16H18N2O4S. The van der Waals surface area contributed by atoms with E-state index in [2.05, 4.69) is 10.0 Å². The van der Waals surface area contributed by atoms with E-state index >= 15 is 0 Å². The Morgan fingerprint density at radius 1 is 1.13 bits per heavy atom. The third kappa shape index (κ3) is 4.08. The van der Waals surface area contributed by atoms with Crippen molar-refractivity contribution in [2.45, 2.75) is 11.8 Å². The summed E-state index contributed by atoms with van der Waals surface area (Å²) in [4.78, 5) is 12.4. The molecule has 0 radical (unpaired) electrons. The fourth-order valence-electron chi connectivity index (χ4n) is 2.02. The number of hydrogen-bond acceptors (Lipinski definition) is 4. The Balaban J connectivity index is 2.27. The van der Waals surface area contributed by atoms with Crippen LogP contribution in [-0.4, -0.2) is 28.0 Å². The average Bonchev–Trinajstić information content (AvgIpc) is 2.55. The number of nitrogens with one attached hydrogen (secondary N) is 2. The van der Waals surface area contributed by atoms with Gasteiger partial charge in [0.05, 0.1) is 17.7 Å². The average molecular weight is 334 g/mol. The monoisotopic (exact) mass is 334 g/mol. The van der Waals surface area contributed by atoms with E-state index in [9.17, 15) is 13.2 Å². The van der Waals surface area contributed by atoms with Crippen molar-refractivity contribution in [3.63, 3.8) is 0 Å². The Bertz CT molecular complexity index is 803. The molecule has 0 fully saturated rings. The molecule has 122 valence electrons. The molecule has 0 aliphatic heterocycles. The number of anilines is 1. The highest BCUT2D eigenvalue weighted by Gasteiger charge is 2.16. The highest BCUT2D eigenvalue weighted by molar-refractivity contribution is 7.89. The second kappa shape index (κ2) is 7.26. The molecule has 2 aromatic rings. The van der Waals surface area contributed by atoms with Crippen LogP contribution in [0.3, 0.4) is 0 Å². The van der Waals surface area contributed by atoms with Crippen LogP contribution in [0.1, 0.15) is 17.3 Å². The number of amides is 1. The van der Waals surface area contributed by atoms with Crippen LogP contribution >= 0.6 is 0 Å². The number of carbonyl (C=O) groups excluding carboxylic acids is 1. The molecule has 0 saturated heterocycles. The van der Waals surface area contributed by atoms with Gasteiger partial charge >= 0.3 is 0 Å². The minimum Gasteiger partial charge on any atom is -0.495 e. The third-order valence-corrected chi connectivity index (χ3v) is 4.64. The van der Waals surface area contributed by atoms with Crippen molar-refractivity contribution < 1.29 is 17.9 Å². The molecule has 2 aromatic carbocycles. The van der Waals surface area contributed by atoms with Crippen LogP contribution < -0.4 is 14.8 Å². The van der Waals surface area contributed by atoms with Gasteiger partial charge in [-0.1, -0.05) is 25.1 Å². The molecule has 23 heavy (non-hydrogen) atoms. The first-order valence-electron chi connectivity index (χ1n) is 7.02. The van der Waals surface area contributed by atoms with Crippen LogP contribution in [0.5, 0.6) is 5.75 Å². The molecule has 0 heterocycles. The van der Waals surface area contributed by atoms with E-state index in [1.807, 2.05) is 0 Å². The van der Waals surface area contributed by atoms with Gasteiger partial charge in [0.15, 0.2) is 0 Å². The maximum Gasteiger partial charge on any atom is 0.255 e. The summed E-state index contributed by atoms with van der Waals surface area (Å²) in [5, 5.41) is 2.71. The highest BCUT2D eigenvalue weighted by Crippen LogP contribution is 2.24. The Kier molecular flexibility index (Phi) is 5.36. The second-order valence-electron chi connectivity index (χ2n) is 4.68. The predicted molar refractivity (Wildman–Crippen MR) is 88.3 cm³/mol. The molecule has 0 saturated carbocycles. The van der Waals surface area contributed by atoms with Gasteiger partial charge in [-0.15, -0.1) is 0 Å². The van der Waals surface area contributed by atoms with E-state index in [4.69, 9.17) is 4.74 Å². The Labute approximate surface area is 135 Å². The highest BCUT2D eigenvalue weighted by atomic mass is 32.2. The molecule has 0 aliphatic carbocycles. The fourth-order valence-corrected chi connectivity index (χ4v) is 3.11. The zero-order valence-corrected chi connectivity index (χ0v) is 13.7. The molecule has 2 rings (SSSR count). The van der Waals surface area contributed by atoms with Gasteiger partial charge in [-0.2, -0.15) is 0 Å². The molecule has 0 spiro atoms. The molecule has 0 aromatic heterocycles. The maximum absolute atomic E-state index is 12.3. The van der Waals surface area contributed by atoms with Crippen LogP contribution in [0.4, 0.5) is 5.69 Å². The number of carbonyl (C=O) groups is 1. The number of sulfonamides is 1. The number of methoxy groups -OCH3 is 1. The standard InChI is InChI=1S/C16H18N2O4S/c1-3-17-23(20,21)13-8-6-7-12(11-13)16(19)18-14-9-4-5-10-15(14)22-2/h4-11,17H,3H2,1-2H3,(H,18,19). The Morgan fingerprint density at radius 3 is 2.57 bits per heavy atom. The van der Waals surface area contributed by atoms with Crippen LogP contribution in [-0.2, 0) is 10.0 Å². The molecule has 0 atom stereocenters. The first-order valence-corrected chi connectivity index (χ1v) is 8.50. The van der Waals surface area contributed by atoms with Crippen molar-refractivity contribution in [3.8, 4) is 5.75 Å². The van der Waals surface area contributed by atoms with Gasteiger partial charge in [-0.05, 0) is 30.3 Å². The molecule has 7 heteroatoms. The summed E-state index contributed by atoms with van der Waals surface area (Å²) in [6, 6.07) is 12.8. The van der Waals surface area contributed by atoms with Crippen LogP contribution in [0.25, 0.3) is 0 Å². The van der Waals surface area contributed by atoms with Gasteiger partial charge in [-0.3, -0.25) is 4.79 Å². The minimum atomic E-state index is -3.61. The predicted octanol–water partition coefficient (Wildman–Crippen LogP) is 2.25. The van der Waals surface area contributed by atoms with E-state index in [0.717, 1.165) is 0 Å². The summed E-state index contributed by atoms with van der Waals surface area (Å²) in [5.74, 6) is 0.111. The van der Waals surface area contributed by atoms with E-state index in [0.29, 0.717) is 11.4 Å². The van der Waals surface area contributed by atoms with Crippen molar-refractivity contribution in [1.29, 1.82) is 0 Å². The minimum absolute atomic E-state index is 0.0482. The van der Waals surface area contributed by atoms with Crippen molar-refractivity contribution in [2.24, 2.45) is 0 Å². The quantitative estimate of drug-likeness (QED) is 0.848. The lowest BCUT2D eigenvalue weighted by Crippen LogP contribution is -2.23. The molecule has 0 bridgehead atoms. The summed E-state index contributed by atoms with van der Waals surface area (Å²) in [5.41, 5.74) is 0.759. The van der Waals surface area contributed by atoms with Crippen molar-refractivity contribution in [1.82, 2.24) is 4.72 Å². The van der Waals surface area contributed by atoms with Crippen LogP contribution in [0, 0.1) is 0 Å². The molecule has 6 nitrogen and oxygen atoms in total. The Hall–Kier alpha value is -2.38. The SMILES string of the molecule is CCNS(=O)(=O)c1cccc(C(=O)Nc2ccccc2OC)c1. The zero-order valence-electron chi connectivity index (χ0n) is 12.9. The van der Waals surface area contributed by atoms with Crippen molar-refractivity contribution in [3.05, 3.63) is 54.1 Å². The summed E-state index contributed by atoms with van der Waals surface area (Å²) < 4.78 is 31.6. The summed E-state index contributed by atoms with van der Waals surface area (Å²) in [6.07, 6.45) is 0. The number of rotatable bonds is 6. The van der Waals surface area contributed by atoms with E-state index in [1.54, 1.807) is 37.3 Å². The summed E-state index contributed by atoms with van der Waals surface area (Å²) in [7, 11) is -2.10. The first kappa shape index (κ1) is 17.0. The summed E-state index contributed by atoms with van der Waals surface area (Å²) >= 11 is 0. The maximum atomic E-state index is 12.3. The summed E-state index contributed by atoms with van der Waals surface area (Å²) in [6.45, 7) is 1.97. The normalized spacial score (nSPS) is 11.0. The van der Waals surface area contributed by atoms with Gasteiger partial charge in [0.1, 0.15) is 5.75 Å². The fraction of sp³-hybridized carbons (Fsp3) is 0.188. The lowest BCUT2D eigenvalue weighted by molar-refractivity contribution is 0.102. The van der Waals surface area contributed by atoms with Crippen LogP contribution in [0.2, 0.25) is 0 Å². The van der Waals surface area contributed by atoms with Gasteiger partial charge in [0, 0.05) is 12.1 Å². The number of benzene rings is 2. The number of hydrogen-bond donors (Lipinski definition) is 2.